The Balaban J connectivity index is 2.36. The number of nitrogens with zero attached hydrogens (tertiary/aromatic N) is 2. The summed E-state index contributed by atoms with van der Waals surface area (Å²) in [4.78, 5) is 0. The van der Waals surface area contributed by atoms with Gasteiger partial charge in [-0.15, -0.1) is 5.10 Å². The van der Waals surface area contributed by atoms with Gasteiger partial charge in [0.05, 0.1) is 6.04 Å². The number of aromatic nitrogens is 2. The van der Waals surface area contributed by atoms with Crippen molar-refractivity contribution in [3.05, 3.63) is 5.89 Å². The first kappa shape index (κ1) is 16.1. The van der Waals surface area contributed by atoms with Crippen molar-refractivity contribution in [2.45, 2.75) is 44.9 Å². The molecule has 3 unspecified atom stereocenters. The molecule has 0 bridgehead atoms. The molecule has 0 amide bonds. The highest BCUT2D eigenvalue weighted by Gasteiger charge is 2.13. The lowest BCUT2D eigenvalue weighted by Crippen LogP contribution is -2.19. The van der Waals surface area contributed by atoms with Crippen LogP contribution >= 0.6 is 0 Å². The quantitative estimate of drug-likeness (QED) is 0.720. The van der Waals surface area contributed by atoms with Crippen LogP contribution in [0.2, 0.25) is 0 Å². The van der Waals surface area contributed by atoms with Gasteiger partial charge in [-0.05, 0) is 26.3 Å². The molecule has 2 N–H and O–H groups in total. The minimum absolute atomic E-state index is 0.0602. The number of nitrogens with one attached hydrogen (secondary N) is 2. The van der Waals surface area contributed by atoms with Crippen molar-refractivity contribution in [3.63, 3.8) is 0 Å². The second kappa shape index (κ2) is 8.27. The van der Waals surface area contributed by atoms with Crippen molar-refractivity contribution in [2.24, 2.45) is 0 Å². The molecule has 1 aromatic rings. The Bertz CT molecular complexity index is 397. The molecule has 1 heterocycles. The summed E-state index contributed by atoms with van der Waals surface area (Å²) in [5, 5.41) is 14.5. The van der Waals surface area contributed by atoms with E-state index in [2.05, 4.69) is 27.8 Å². The molecule has 3 atom stereocenters. The molecule has 0 radical (unpaired) electrons. The van der Waals surface area contributed by atoms with Crippen molar-refractivity contribution in [1.82, 2.24) is 15.5 Å². The lowest BCUT2D eigenvalue weighted by atomic mass is 10.3. The van der Waals surface area contributed by atoms with Gasteiger partial charge in [-0.2, -0.15) is 0 Å². The third-order valence-electron chi connectivity index (χ3n) is 2.91. The van der Waals surface area contributed by atoms with Crippen molar-refractivity contribution in [1.29, 1.82) is 0 Å². The molecule has 0 aliphatic carbocycles. The summed E-state index contributed by atoms with van der Waals surface area (Å²) in [6, 6.07) is 0.485. The molecule has 1 aromatic heterocycles. The van der Waals surface area contributed by atoms with Crippen LogP contribution in [-0.4, -0.2) is 39.0 Å². The van der Waals surface area contributed by atoms with E-state index in [0.29, 0.717) is 18.5 Å². The van der Waals surface area contributed by atoms with Crippen LogP contribution in [0.4, 0.5) is 6.01 Å². The van der Waals surface area contributed by atoms with Gasteiger partial charge >= 0.3 is 6.01 Å². The van der Waals surface area contributed by atoms with Gasteiger partial charge in [-0.25, -0.2) is 0 Å². The Morgan fingerprint density at radius 1 is 1.32 bits per heavy atom. The summed E-state index contributed by atoms with van der Waals surface area (Å²) >= 11 is 0. The maximum Gasteiger partial charge on any atom is 0.315 e. The summed E-state index contributed by atoms with van der Waals surface area (Å²) in [7, 11) is -0.791. The smallest absolute Gasteiger partial charge is 0.315 e. The average Bonchev–Trinajstić information content (AvgIpc) is 2.84. The highest BCUT2D eigenvalue weighted by molar-refractivity contribution is 7.84. The van der Waals surface area contributed by atoms with Gasteiger partial charge in [0.1, 0.15) is 0 Å². The van der Waals surface area contributed by atoms with E-state index in [-0.39, 0.29) is 11.3 Å². The van der Waals surface area contributed by atoms with Crippen molar-refractivity contribution in [2.75, 3.05) is 24.7 Å². The largest absolute Gasteiger partial charge is 0.406 e. The molecule has 0 spiro atoms. The molecule has 110 valence electrons. The summed E-state index contributed by atoms with van der Waals surface area (Å²) in [6.07, 6.45) is 3.59. The van der Waals surface area contributed by atoms with Crippen LogP contribution in [0.1, 0.15) is 45.5 Å². The first-order chi connectivity index (χ1) is 9.04. The van der Waals surface area contributed by atoms with E-state index in [4.69, 9.17) is 4.42 Å². The van der Waals surface area contributed by atoms with Crippen molar-refractivity contribution in [3.8, 4) is 0 Å². The Hall–Kier alpha value is -0.950. The summed E-state index contributed by atoms with van der Waals surface area (Å²) < 4.78 is 16.7. The number of rotatable bonds is 9. The molecule has 0 fully saturated rings. The van der Waals surface area contributed by atoms with Crippen LogP contribution in [0.25, 0.3) is 0 Å². The van der Waals surface area contributed by atoms with E-state index in [1.54, 1.807) is 6.26 Å². The van der Waals surface area contributed by atoms with E-state index in [1.165, 1.54) is 0 Å². The molecule has 6 nitrogen and oxygen atoms in total. The second-order valence-corrected chi connectivity index (χ2v) is 6.45. The lowest BCUT2D eigenvalue weighted by Gasteiger charge is -2.08. The normalized spacial score (nSPS) is 16.0. The van der Waals surface area contributed by atoms with Crippen LogP contribution in [-0.2, 0) is 10.8 Å². The van der Waals surface area contributed by atoms with E-state index in [1.807, 2.05) is 13.8 Å². The molecular weight excluding hydrogens is 264 g/mol. The SMILES string of the molecule is CCCNC(C)c1nnc(NCCC(C)S(C)=O)o1. The maximum absolute atomic E-state index is 11.2. The van der Waals surface area contributed by atoms with Gasteiger partial charge in [0.2, 0.25) is 5.89 Å². The first-order valence-corrected chi connectivity index (χ1v) is 8.29. The van der Waals surface area contributed by atoms with Gasteiger partial charge in [0.15, 0.2) is 0 Å². The predicted octanol–water partition coefficient (Wildman–Crippen LogP) is 1.70. The Labute approximate surface area is 117 Å². The number of anilines is 1. The molecular formula is C12H24N4O2S. The fourth-order valence-electron chi connectivity index (χ4n) is 1.48. The third-order valence-corrected chi connectivity index (χ3v) is 4.27. The zero-order valence-electron chi connectivity index (χ0n) is 12.1. The molecule has 0 saturated heterocycles. The highest BCUT2D eigenvalue weighted by atomic mass is 32.2. The van der Waals surface area contributed by atoms with E-state index in [9.17, 15) is 4.21 Å². The molecule has 1 rings (SSSR count). The molecule has 7 heteroatoms. The molecule has 0 aliphatic rings. The Morgan fingerprint density at radius 3 is 2.68 bits per heavy atom. The molecule has 19 heavy (non-hydrogen) atoms. The summed E-state index contributed by atoms with van der Waals surface area (Å²) in [6.45, 7) is 7.67. The van der Waals surface area contributed by atoms with Crippen molar-refractivity contribution < 1.29 is 8.63 Å². The van der Waals surface area contributed by atoms with Crippen molar-refractivity contribution >= 4 is 16.8 Å². The lowest BCUT2D eigenvalue weighted by molar-refractivity contribution is 0.423. The average molecular weight is 288 g/mol. The fraction of sp³-hybridized carbons (Fsp3) is 0.833. The minimum Gasteiger partial charge on any atom is -0.406 e. The Morgan fingerprint density at radius 2 is 2.05 bits per heavy atom. The summed E-state index contributed by atoms with van der Waals surface area (Å²) in [5.74, 6) is 0.586. The maximum atomic E-state index is 11.2. The van der Waals surface area contributed by atoms with E-state index >= 15 is 0 Å². The minimum atomic E-state index is -0.791. The van der Waals surface area contributed by atoms with Gasteiger partial charge in [-0.3, -0.25) is 4.21 Å². The molecule has 0 saturated carbocycles. The van der Waals surface area contributed by atoms with Crippen LogP contribution in [0.15, 0.2) is 4.42 Å². The van der Waals surface area contributed by atoms with Gasteiger partial charge in [0, 0.05) is 28.9 Å². The van der Waals surface area contributed by atoms with Gasteiger partial charge < -0.3 is 15.1 Å². The van der Waals surface area contributed by atoms with E-state index in [0.717, 1.165) is 19.4 Å². The number of hydrogen-bond donors (Lipinski definition) is 2. The first-order valence-electron chi connectivity index (χ1n) is 6.67. The van der Waals surface area contributed by atoms with E-state index < -0.39 is 10.8 Å². The predicted molar refractivity (Wildman–Crippen MR) is 77.6 cm³/mol. The van der Waals surface area contributed by atoms with Gasteiger partial charge in [0.25, 0.3) is 0 Å². The number of hydrogen-bond acceptors (Lipinski definition) is 6. The van der Waals surface area contributed by atoms with Crippen LogP contribution in [0, 0.1) is 0 Å². The summed E-state index contributed by atoms with van der Waals surface area (Å²) in [5.41, 5.74) is 0. The molecule has 0 aliphatic heterocycles. The zero-order chi connectivity index (χ0) is 14.3. The monoisotopic (exact) mass is 288 g/mol. The van der Waals surface area contributed by atoms with Gasteiger partial charge in [-0.1, -0.05) is 18.9 Å². The Kier molecular flexibility index (Phi) is 7.01. The van der Waals surface area contributed by atoms with Crippen LogP contribution < -0.4 is 10.6 Å². The second-order valence-electron chi connectivity index (χ2n) is 4.65. The zero-order valence-corrected chi connectivity index (χ0v) is 12.9. The highest BCUT2D eigenvalue weighted by Crippen LogP contribution is 2.13. The topological polar surface area (TPSA) is 80.0 Å². The fourth-order valence-corrected chi connectivity index (χ4v) is 1.93. The van der Waals surface area contributed by atoms with Crippen LogP contribution in [0.3, 0.4) is 0 Å². The standard InChI is InChI=1S/C12H24N4O2S/c1-5-7-13-10(3)11-15-16-12(18-11)14-8-6-9(2)19(4)17/h9-10,13H,5-8H2,1-4H3,(H,14,16). The molecule has 0 aromatic carbocycles. The van der Waals surface area contributed by atoms with Crippen LogP contribution in [0.5, 0.6) is 0 Å². The third kappa shape index (κ3) is 5.69.